The Balaban J connectivity index is 0.000000150. The summed E-state index contributed by atoms with van der Waals surface area (Å²) in [5, 5.41) is 9.92. The SMILES string of the molecule is CC(F)(F)CNC(=O)C(=O)[C@H]1CNC(=O)[C@@H]1c1ccccc1.O=C(NC1CC1)C(=O)[C@H]1CN(c2cncnc2)C(=O)[C@@H]1c1ccccc1.O=C(NC1CC1)C(=O)[C@H]1CN(c2cncnc2)C(=O)[C@H]1Cc1ccccc1. The lowest BCUT2D eigenvalue weighted by atomic mass is 9.85. The molecule has 5 fully saturated rings. The van der Waals surface area contributed by atoms with Crippen LogP contribution in [0.25, 0.3) is 0 Å². The molecule has 10 rings (SSSR count). The molecule has 3 aliphatic heterocycles. The Morgan fingerprint density at radius 3 is 1.52 bits per heavy atom. The number of aromatic nitrogens is 4. The molecule has 6 amide bonds. The number of benzene rings is 3. The number of hydrogen-bond donors (Lipinski definition) is 4. The lowest BCUT2D eigenvalue weighted by molar-refractivity contribution is -0.141. The summed E-state index contributed by atoms with van der Waals surface area (Å²) in [5.41, 5.74) is 3.37. The van der Waals surface area contributed by atoms with E-state index in [1.165, 1.54) is 34.8 Å². The van der Waals surface area contributed by atoms with Gasteiger partial charge >= 0.3 is 0 Å². The van der Waals surface area contributed by atoms with Crippen molar-refractivity contribution >= 4 is 64.2 Å². The zero-order valence-corrected chi connectivity index (χ0v) is 40.7. The minimum Gasteiger partial charge on any atom is -0.355 e. The largest absolute Gasteiger partial charge is 0.355 e. The van der Waals surface area contributed by atoms with Crippen LogP contribution in [0.3, 0.4) is 0 Å². The lowest BCUT2D eigenvalue weighted by Gasteiger charge is -2.16. The van der Waals surface area contributed by atoms with Crippen LogP contribution < -0.4 is 31.1 Å². The topological polar surface area (TPSA) is 260 Å². The number of anilines is 2. The van der Waals surface area contributed by atoms with E-state index in [1.54, 1.807) is 42.7 Å². The molecule has 21 heteroatoms. The summed E-state index contributed by atoms with van der Waals surface area (Å²) in [7, 11) is 0. The van der Waals surface area contributed by atoms with E-state index in [4.69, 9.17) is 0 Å². The Bertz CT molecular complexity index is 2890. The van der Waals surface area contributed by atoms with Gasteiger partial charge in [-0.1, -0.05) is 91.0 Å². The molecule has 0 bridgehead atoms. The molecule has 2 aromatic heterocycles. The number of carbonyl (C=O) groups is 9. The van der Waals surface area contributed by atoms with Crippen molar-refractivity contribution in [2.24, 2.45) is 23.7 Å². The minimum atomic E-state index is -3.10. The highest BCUT2D eigenvalue weighted by Crippen LogP contribution is 2.38. The summed E-state index contributed by atoms with van der Waals surface area (Å²) in [5.74, 6) is -12.4. The summed E-state index contributed by atoms with van der Waals surface area (Å²) in [6.45, 7) is 0.0589. The third-order valence-electron chi connectivity index (χ3n) is 13.3. The van der Waals surface area contributed by atoms with Crippen LogP contribution in [0.4, 0.5) is 20.2 Å². The Labute approximate surface area is 429 Å². The van der Waals surface area contributed by atoms with E-state index in [-0.39, 0.29) is 49.4 Å². The van der Waals surface area contributed by atoms with Crippen molar-refractivity contribution in [3.05, 3.63) is 145 Å². The van der Waals surface area contributed by atoms with Gasteiger partial charge in [0.15, 0.2) is 0 Å². The highest BCUT2D eigenvalue weighted by molar-refractivity contribution is 6.39. The van der Waals surface area contributed by atoms with Crippen LogP contribution in [0.5, 0.6) is 0 Å². The Hall–Kier alpha value is -8.49. The lowest BCUT2D eigenvalue weighted by Crippen LogP contribution is -2.42. The monoisotopic (exact) mass is 1020 g/mol. The van der Waals surface area contributed by atoms with Gasteiger partial charge in [-0.15, -0.1) is 0 Å². The number of ketones is 3. The van der Waals surface area contributed by atoms with Gasteiger partial charge in [0.25, 0.3) is 23.6 Å². The van der Waals surface area contributed by atoms with Crippen molar-refractivity contribution in [3.8, 4) is 0 Å². The Kier molecular flexibility index (Phi) is 16.6. The second kappa shape index (κ2) is 23.6. The summed E-state index contributed by atoms with van der Waals surface area (Å²) in [6.07, 6.45) is 12.9. The van der Waals surface area contributed by atoms with Gasteiger partial charge in [-0.3, -0.25) is 43.2 Å². The van der Waals surface area contributed by atoms with E-state index in [1.807, 2.05) is 66.0 Å². The molecule has 0 radical (unpaired) electrons. The van der Waals surface area contributed by atoms with Crippen LogP contribution in [0, 0.1) is 23.7 Å². The van der Waals surface area contributed by atoms with Crippen molar-refractivity contribution in [1.82, 2.24) is 41.2 Å². The van der Waals surface area contributed by atoms with Crippen molar-refractivity contribution in [2.75, 3.05) is 36.0 Å². The van der Waals surface area contributed by atoms with Crippen LogP contribution in [0.1, 0.15) is 61.1 Å². The standard InChI is InChI=1S/C20H20N4O3.C19H18N4O3.C15H16F2N2O3/c25-18(19(26)23-14-6-7-14)17-11-24(15-9-21-12-22-10-15)20(27)16(17)8-13-4-2-1-3-5-13;24-17(18(25)22-13-6-7-13)15-10-23(14-8-20-11-21-9-14)19(26)16(15)12-4-2-1-3-5-12;1-15(16,17)8-19-14(22)12(20)10-7-18-13(21)11(10)9-5-3-2-4-6-9/h1-5,9-10,12,14,16-17H,6-8,11H2,(H,23,26);1-5,8-9,11,13,15-16H,6-7,10H2,(H,22,25);2-6,10-11H,7-8H2,1H3,(H,18,21)(H,19,22)/t16-,17-;15-,16+;10-,11+/m000/s1. The summed E-state index contributed by atoms with van der Waals surface area (Å²) < 4.78 is 25.5. The number of Topliss-reactive ketones (excluding diaryl/α,β-unsaturated/α-hetero) is 3. The molecule has 19 nitrogen and oxygen atoms in total. The molecule has 0 spiro atoms. The fraction of sp³-hybridized carbons (Fsp3) is 0.352. The summed E-state index contributed by atoms with van der Waals surface area (Å²) in [4.78, 5) is 131. The quantitative estimate of drug-likeness (QED) is 0.104. The number of nitrogens with one attached hydrogen (secondary N) is 4. The fourth-order valence-electron chi connectivity index (χ4n) is 9.18. The first kappa shape index (κ1) is 52.8. The van der Waals surface area contributed by atoms with E-state index in [9.17, 15) is 51.9 Å². The second-order valence-corrected chi connectivity index (χ2v) is 19.1. The molecule has 3 aromatic carbocycles. The fourth-order valence-corrected chi connectivity index (χ4v) is 9.18. The van der Waals surface area contributed by atoms with E-state index in [2.05, 4.69) is 35.9 Å². The molecule has 5 aromatic rings. The van der Waals surface area contributed by atoms with Crippen LogP contribution in [-0.2, 0) is 49.6 Å². The molecule has 388 valence electrons. The van der Waals surface area contributed by atoms with E-state index < -0.39 is 83.0 Å². The number of nitrogens with zero attached hydrogens (tertiary/aromatic N) is 6. The van der Waals surface area contributed by atoms with Crippen LogP contribution in [0.2, 0.25) is 0 Å². The molecule has 2 aliphatic carbocycles. The van der Waals surface area contributed by atoms with Gasteiger partial charge in [0, 0.05) is 38.6 Å². The van der Waals surface area contributed by atoms with Gasteiger partial charge in [-0.25, -0.2) is 28.7 Å². The van der Waals surface area contributed by atoms with Crippen molar-refractivity contribution < 1.29 is 51.9 Å². The van der Waals surface area contributed by atoms with Crippen LogP contribution in [-0.4, -0.2) is 117 Å². The molecular formula is C54H54F2N10O9. The first-order valence-electron chi connectivity index (χ1n) is 24.5. The summed E-state index contributed by atoms with van der Waals surface area (Å²) >= 11 is 0. The van der Waals surface area contributed by atoms with Crippen LogP contribution >= 0.6 is 0 Å². The van der Waals surface area contributed by atoms with Crippen molar-refractivity contribution in [1.29, 1.82) is 0 Å². The summed E-state index contributed by atoms with van der Waals surface area (Å²) in [6, 6.07) is 27.4. The van der Waals surface area contributed by atoms with Gasteiger partial charge < -0.3 is 31.1 Å². The van der Waals surface area contributed by atoms with Crippen LogP contribution in [0.15, 0.2) is 128 Å². The maximum atomic E-state index is 13.1. The van der Waals surface area contributed by atoms with E-state index >= 15 is 0 Å². The normalized spacial score (nSPS) is 21.9. The molecule has 3 saturated heterocycles. The van der Waals surface area contributed by atoms with Crippen molar-refractivity contribution in [2.45, 2.75) is 68.9 Å². The molecule has 5 heterocycles. The second-order valence-electron chi connectivity index (χ2n) is 19.1. The zero-order chi connectivity index (χ0) is 53.2. The maximum Gasteiger partial charge on any atom is 0.287 e. The van der Waals surface area contributed by atoms with Gasteiger partial charge in [0.2, 0.25) is 35.1 Å². The minimum absolute atomic E-state index is 0.0210. The predicted octanol–water partition coefficient (Wildman–Crippen LogP) is 3.07. The number of carbonyl (C=O) groups excluding carboxylic acids is 9. The average Bonchev–Trinajstić information content (AvgIpc) is 4.34. The van der Waals surface area contributed by atoms with Gasteiger partial charge in [-0.05, 0) is 48.8 Å². The van der Waals surface area contributed by atoms with Gasteiger partial charge in [0.05, 0.1) is 78.2 Å². The maximum absolute atomic E-state index is 13.1. The average molecular weight is 1030 g/mol. The zero-order valence-electron chi connectivity index (χ0n) is 40.7. The number of rotatable bonds is 16. The molecule has 4 N–H and O–H groups in total. The first-order valence-corrected chi connectivity index (χ1v) is 24.5. The molecule has 5 aliphatic rings. The molecule has 0 unspecified atom stereocenters. The highest BCUT2D eigenvalue weighted by atomic mass is 19.3. The van der Waals surface area contributed by atoms with E-state index in [0.717, 1.165) is 36.8 Å². The predicted molar refractivity (Wildman–Crippen MR) is 265 cm³/mol. The molecule has 2 saturated carbocycles. The van der Waals surface area contributed by atoms with Crippen molar-refractivity contribution in [3.63, 3.8) is 0 Å². The first-order chi connectivity index (χ1) is 36.1. The smallest absolute Gasteiger partial charge is 0.287 e. The Morgan fingerprint density at radius 1 is 0.587 bits per heavy atom. The molecular weight excluding hydrogens is 971 g/mol. The Morgan fingerprint density at radius 2 is 1.03 bits per heavy atom. The number of halogens is 2. The van der Waals surface area contributed by atoms with Gasteiger partial charge in [-0.2, -0.15) is 0 Å². The highest BCUT2D eigenvalue weighted by Gasteiger charge is 2.49. The number of amides is 6. The molecule has 6 atom stereocenters. The van der Waals surface area contributed by atoms with E-state index in [0.29, 0.717) is 30.3 Å². The number of alkyl halides is 2. The third-order valence-corrected chi connectivity index (χ3v) is 13.3. The number of hydrogen-bond acceptors (Lipinski definition) is 13. The van der Waals surface area contributed by atoms with Gasteiger partial charge in [0.1, 0.15) is 12.7 Å². The molecule has 75 heavy (non-hydrogen) atoms. The third kappa shape index (κ3) is 13.4.